The van der Waals surface area contributed by atoms with Gasteiger partial charge in [0.2, 0.25) is 0 Å². The van der Waals surface area contributed by atoms with Crippen LogP contribution >= 0.6 is 0 Å². The molecule has 0 aromatic heterocycles. The molecular weight excluding hydrogens is 190 g/mol. The van der Waals surface area contributed by atoms with Crippen LogP contribution in [-0.2, 0) is 4.79 Å². The standard InChI is InChI=1S/C10H10F2O2/c1-6(13)7(2)14-10-4-3-8(11)5-9(10)12/h3-5,7H,1-2H3. The van der Waals surface area contributed by atoms with Crippen molar-refractivity contribution in [2.24, 2.45) is 0 Å². The van der Waals surface area contributed by atoms with E-state index in [2.05, 4.69) is 0 Å². The van der Waals surface area contributed by atoms with Crippen LogP contribution in [0.2, 0.25) is 0 Å². The maximum absolute atomic E-state index is 13.0. The van der Waals surface area contributed by atoms with Gasteiger partial charge in [-0.3, -0.25) is 4.79 Å². The summed E-state index contributed by atoms with van der Waals surface area (Å²) in [7, 11) is 0. The Morgan fingerprint density at radius 1 is 1.43 bits per heavy atom. The van der Waals surface area contributed by atoms with E-state index in [-0.39, 0.29) is 11.5 Å². The van der Waals surface area contributed by atoms with E-state index in [0.717, 1.165) is 12.1 Å². The summed E-state index contributed by atoms with van der Waals surface area (Å²) in [5, 5.41) is 0. The molecule has 14 heavy (non-hydrogen) atoms. The van der Waals surface area contributed by atoms with Gasteiger partial charge in [-0.2, -0.15) is 0 Å². The molecule has 1 aromatic carbocycles. The van der Waals surface area contributed by atoms with Crippen LogP contribution in [-0.4, -0.2) is 11.9 Å². The molecule has 0 fully saturated rings. The highest BCUT2D eigenvalue weighted by atomic mass is 19.1. The molecule has 0 bridgehead atoms. The van der Waals surface area contributed by atoms with Crippen LogP contribution in [0.5, 0.6) is 5.75 Å². The lowest BCUT2D eigenvalue weighted by Crippen LogP contribution is -2.21. The summed E-state index contributed by atoms with van der Waals surface area (Å²) in [6, 6.07) is 2.94. The molecule has 0 aliphatic carbocycles. The van der Waals surface area contributed by atoms with Gasteiger partial charge in [-0.05, 0) is 26.0 Å². The lowest BCUT2D eigenvalue weighted by atomic mass is 10.3. The second-order valence-electron chi connectivity index (χ2n) is 2.95. The third-order valence-electron chi connectivity index (χ3n) is 1.77. The van der Waals surface area contributed by atoms with Crippen molar-refractivity contribution in [1.29, 1.82) is 0 Å². The summed E-state index contributed by atoms with van der Waals surface area (Å²) in [5.41, 5.74) is 0. The van der Waals surface area contributed by atoms with Gasteiger partial charge in [-0.15, -0.1) is 0 Å². The second-order valence-corrected chi connectivity index (χ2v) is 2.95. The minimum Gasteiger partial charge on any atom is -0.480 e. The van der Waals surface area contributed by atoms with Crippen molar-refractivity contribution in [3.8, 4) is 5.75 Å². The first kappa shape index (κ1) is 10.6. The van der Waals surface area contributed by atoms with Gasteiger partial charge in [0.15, 0.2) is 23.5 Å². The van der Waals surface area contributed by atoms with E-state index >= 15 is 0 Å². The monoisotopic (exact) mass is 200 g/mol. The lowest BCUT2D eigenvalue weighted by Gasteiger charge is -2.11. The number of hydrogen-bond donors (Lipinski definition) is 0. The van der Waals surface area contributed by atoms with Crippen LogP contribution in [0.25, 0.3) is 0 Å². The molecule has 76 valence electrons. The van der Waals surface area contributed by atoms with Gasteiger partial charge in [0, 0.05) is 6.07 Å². The number of ether oxygens (including phenoxy) is 1. The Hall–Kier alpha value is -1.45. The molecule has 1 aromatic rings. The molecule has 0 saturated heterocycles. The molecular formula is C10H10F2O2. The first-order chi connectivity index (χ1) is 6.50. The summed E-state index contributed by atoms with van der Waals surface area (Å²) in [6.45, 7) is 2.84. The molecule has 0 aliphatic heterocycles. The zero-order chi connectivity index (χ0) is 10.7. The number of hydrogen-bond acceptors (Lipinski definition) is 2. The van der Waals surface area contributed by atoms with E-state index in [1.165, 1.54) is 13.8 Å². The van der Waals surface area contributed by atoms with Gasteiger partial charge >= 0.3 is 0 Å². The molecule has 1 rings (SSSR count). The van der Waals surface area contributed by atoms with Crippen LogP contribution in [0.4, 0.5) is 8.78 Å². The number of rotatable bonds is 3. The first-order valence-electron chi connectivity index (χ1n) is 4.13. The maximum atomic E-state index is 13.0. The Morgan fingerprint density at radius 3 is 2.57 bits per heavy atom. The summed E-state index contributed by atoms with van der Waals surface area (Å²) in [4.78, 5) is 10.8. The predicted molar refractivity (Wildman–Crippen MR) is 47.1 cm³/mol. The summed E-state index contributed by atoms with van der Waals surface area (Å²) in [6.07, 6.45) is -0.727. The van der Waals surface area contributed by atoms with Crippen LogP contribution < -0.4 is 4.74 Å². The highest BCUT2D eigenvalue weighted by Crippen LogP contribution is 2.18. The number of benzene rings is 1. The molecule has 0 radical (unpaired) electrons. The Kier molecular flexibility index (Phi) is 3.17. The quantitative estimate of drug-likeness (QED) is 0.748. The average Bonchev–Trinajstić information content (AvgIpc) is 2.09. The van der Waals surface area contributed by atoms with E-state index in [9.17, 15) is 13.6 Å². The fraction of sp³-hybridized carbons (Fsp3) is 0.300. The maximum Gasteiger partial charge on any atom is 0.169 e. The molecule has 4 heteroatoms. The van der Waals surface area contributed by atoms with Crippen LogP contribution in [0.3, 0.4) is 0 Å². The third kappa shape index (κ3) is 2.52. The van der Waals surface area contributed by atoms with Crippen molar-refractivity contribution in [3.05, 3.63) is 29.8 Å². The summed E-state index contributed by atoms with van der Waals surface area (Å²) in [5.74, 6) is -1.81. The number of halogens is 2. The van der Waals surface area contributed by atoms with Gasteiger partial charge in [0.05, 0.1) is 0 Å². The topological polar surface area (TPSA) is 26.3 Å². The Balaban J connectivity index is 2.82. The Morgan fingerprint density at radius 2 is 2.07 bits per heavy atom. The van der Waals surface area contributed by atoms with Crippen molar-refractivity contribution in [3.63, 3.8) is 0 Å². The summed E-state index contributed by atoms with van der Waals surface area (Å²) < 4.78 is 30.4. The van der Waals surface area contributed by atoms with Crippen molar-refractivity contribution >= 4 is 5.78 Å². The highest BCUT2D eigenvalue weighted by Gasteiger charge is 2.12. The zero-order valence-corrected chi connectivity index (χ0v) is 7.88. The van der Waals surface area contributed by atoms with E-state index in [4.69, 9.17) is 4.74 Å². The van der Waals surface area contributed by atoms with Crippen molar-refractivity contribution < 1.29 is 18.3 Å². The minimum absolute atomic E-state index is 0.117. The Bertz CT molecular complexity index is 350. The van der Waals surface area contributed by atoms with E-state index in [1.54, 1.807) is 0 Å². The molecule has 0 heterocycles. The molecule has 1 atom stereocenters. The largest absolute Gasteiger partial charge is 0.480 e. The van der Waals surface area contributed by atoms with E-state index in [0.29, 0.717) is 6.07 Å². The molecule has 0 amide bonds. The Labute approximate surface area is 80.5 Å². The number of carbonyl (C=O) groups is 1. The van der Waals surface area contributed by atoms with Crippen molar-refractivity contribution in [2.75, 3.05) is 0 Å². The average molecular weight is 200 g/mol. The van der Waals surface area contributed by atoms with Crippen molar-refractivity contribution in [2.45, 2.75) is 20.0 Å². The van der Waals surface area contributed by atoms with Gasteiger partial charge in [0.25, 0.3) is 0 Å². The SMILES string of the molecule is CC(=O)C(C)Oc1ccc(F)cc1F. The lowest BCUT2D eigenvalue weighted by molar-refractivity contribution is -0.122. The predicted octanol–water partition coefficient (Wildman–Crippen LogP) is 2.32. The highest BCUT2D eigenvalue weighted by molar-refractivity contribution is 5.80. The van der Waals surface area contributed by atoms with Crippen LogP contribution in [0.15, 0.2) is 18.2 Å². The molecule has 0 spiro atoms. The molecule has 0 aliphatic rings. The number of ketones is 1. The smallest absolute Gasteiger partial charge is 0.169 e. The van der Waals surface area contributed by atoms with Crippen molar-refractivity contribution in [1.82, 2.24) is 0 Å². The normalized spacial score (nSPS) is 12.3. The first-order valence-corrected chi connectivity index (χ1v) is 4.13. The number of carbonyl (C=O) groups excluding carboxylic acids is 1. The van der Waals surface area contributed by atoms with Crippen LogP contribution in [0, 0.1) is 11.6 Å². The van der Waals surface area contributed by atoms with Gasteiger partial charge in [-0.25, -0.2) is 8.78 Å². The molecule has 1 unspecified atom stereocenters. The molecule has 0 saturated carbocycles. The van der Waals surface area contributed by atoms with Crippen LogP contribution in [0.1, 0.15) is 13.8 Å². The van der Waals surface area contributed by atoms with Gasteiger partial charge in [-0.1, -0.05) is 0 Å². The minimum atomic E-state index is -0.807. The number of Topliss-reactive ketones (excluding diaryl/α,β-unsaturated/α-hetero) is 1. The second kappa shape index (κ2) is 4.17. The van der Waals surface area contributed by atoms with Gasteiger partial charge in [0.1, 0.15) is 5.82 Å². The van der Waals surface area contributed by atoms with E-state index < -0.39 is 17.7 Å². The van der Waals surface area contributed by atoms with E-state index in [1.807, 2.05) is 0 Å². The molecule has 0 N–H and O–H groups in total. The third-order valence-corrected chi connectivity index (χ3v) is 1.77. The summed E-state index contributed by atoms with van der Waals surface area (Å²) >= 11 is 0. The fourth-order valence-corrected chi connectivity index (χ4v) is 0.844. The van der Waals surface area contributed by atoms with Gasteiger partial charge < -0.3 is 4.74 Å². The fourth-order valence-electron chi connectivity index (χ4n) is 0.844. The zero-order valence-electron chi connectivity index (χ0n) is 7.88. The molecule has 2 nitrogen and oxygen atoms in total.